The zero-order valence-electron chi connectivity index (χ0n) is 15.9. The number of hydrogen-bond acceptors (Lipinski definition) is 6. The van der Waals surface area contributed by atoms with Crippen LogP contribution in [0.25, 0.3) is 0 Å². The summed E-state index contributed by atoms with van der Waals surface area (Å²) in [4.78, 5) is 0. The van der Waals surface area contributed by atoms with E-state index in [9.17, 15) is 0 Å². The molecule has 2 rings (SSSR count). The van der Waals surface area contributed by atoms with Crippen LogP contribution in [-0.4, -0.2) is 42.9 Å². The van der Waals surface area contributed by atoms with Crippen molar-refractivity contribution in [3.63, 3.8) is 0 Å². The van der Waals surface area contributed by atoms with Crippen LogP contribution in [0, 0.1) is 0 Å². The van der Waals surface area contributed by atoms with Crippen molar-refractivity contribution in [2.24, 2.45) is 5.10 Å². The van der Waals surface area contributed by atoms with Gasteiger partial charge in [-0.25, -0.2) is 14.5 Å². The molecule has 0 atom stereocenters. The Balaban J connectivity index is 0.000000443. The fourth-order valence-electron chi connectivity index (χ4n) is 3.12. The monoisotopic (exact) mass is 470 g/mol. The van der Waals surface area contributed by atoms with Crippen LogP contribution in [0.1, 0.15) is 66.2 Å². The first kappa shape index (κ1) is 25.7. The Labute approximate surface area is 188 Å². The normalized spacial score (nSPS) is 21.9. The van der Waals surface area contributed by atoms with Gasteiger partial charge in [0.15, 0.2) is 0 Å². The Morgan fingerprint density at radius 3 is 1.96 bits per heavy atom. The average Bonchev–Trinajstić information content (AvgIpc) is 2.43. The molecular formula is C16H30N4S4Zn. The molecule has 140 valence electrons. The fraction of sp³-hybridized carbons (Fsp3) is 0.875. The van der Waals surface area contributed by atoms with E-state index in [2.05, 4.69) is 55.9 Å². The van der Waals surface area contributed by atoms with Gasteiger partial charge in [-0.05, 0) is 59.8 Å². The van der Waals surface area contributed by atoms with Crippen LogP contribution in [0.3, 0.4) is 0 Å². The van der Waals surface area contributed by atoms with Crippen LogP contribution < -0.4 is 5.43 Å². The summed E-state index contributed by atoms with van der Waals surface area (Å²) in [7, 11) is 0. The van der Waals surface area contributed by atoms with Gasteiger partial charge in [-0.15, -0.1) is 12.6 Å². The minimum atomic E-state index is 0. The number of nitrogens with one attached hydrogen (secondary N) is 1. The van der Waals surface area contributed by atoms with E-state index in [0.29, 0.717) is 8.70 Å². The molecule has 4 nitrogen and oxygen atoms in total. The molecule has 0 amide bonds. The molecule has 1 N–H and O–H groups in total. The number of hydrogen-bond donors (Lipinski definition) is 2. The molecular weight excluding hydrogens is 442 g/mol. The Morgan fingerprint density at radius 1 is 1.00 bits per heavy atom. The van der Waals surface area contributed by atoms with Gasteiger partial charge in [0.25, 0.3) is 0 Å². The maximum atomic E-state index is 4.89. The molecule has 0 unspecified atom stereocenters. The number of thiol groups is 1. The van der Waals surface area contributed by atoms with Gasteiger partial charge in [0.2, 0.25) is 0 Å². The van der Waals surface area contributed by atoms with Crippen LogP contribution in [0.5, 0.6) is 0 Å². The van der Waals surface area contributed by atoms with Crippen molar-refractivity contribution >= 4 is 58.8 Å². The summed E-state index contributed by atoms with van der Waals surface area (Å²) >= 11 is 18.5. The second-order valence-corrected chi connectivity index (χ2v) is 9.79. The number of hydrazone groups is 1. The number of piperidine rings is 2. The molecule has 2 aliphatic heterocycles. The molecule has 0 bridgehead atoms. The van der Waals surface area contributed by atoms with Gasteiger partial charge < -0.3 is 30.7 Å². The van der Waals surface area contributed by atoms with Crippen LogP contribution in [0.2, 0.25) is 0 Å². The van der Waals surface area contributed by atoms with Crippen molar-refractivity contribution in [3.8, 4) is 0 Å². The zero-order valence-corrected chi connectivity index (χ0v) is 22.2. The van der Waals surface area contributed by atoms with E-state index in [1.165, 1.54) is 38.5 Å². The summed E-state index contributed by atoms with van der Waals surface area (Å²) in [5, 5.41) is 8.39. The molecule has 0 aromatic carbocycles. The predicted octanol–water partition coefficient (Wildman–Crippen LogP) is 3.58. The summed E-state index contributed by atoms with van der Waals surface area (Å²) in [6, 6.07) is 0. The van der Waals surface area contributed by atoms with Gasteiger partial charge in [-0.1, -0.05) is 18.6 Å². The van der Waals surface area contributed by atoms with Gasteiger partial charge >= 0.3 is 19.5 Å². The molecule has 2 fully saturated rings. The van der Waals surface area contributed by atoms with Crippen LogP contribution >= 0.6 is 24.8 Å². The summed E-state index contributed by atoms with van der Waals surface area (Å²) < 4.78 is 0.884. The molecule has 2 aliphatic rings. The predicted molar refractivity (Wildman–Crippen MR) is 116 cm³/mol. The molecule has 0 aromatic rings. The summed E-state index contributed by atoms with van der Waals surface area (Å²) in [6.45, 7) is 10.9. The molecule has 9 heteroatoms. The van der Waals surface area contributed by atoms with Crippen molar-refractivity contribution in [1.29, 1.82) is 0 Å². The first-order valence-electron chi connectivity index (χ1n) is 8.52. The number of rotatable bonds is 2. The summed E-state index contributed by atoms with van der Waals surface area (Å²) in [5.41, 5.74) is 3.45. The van der Waals surface area contributed by atoms with Gasteiger partial charge in [0.1, 0.15) is 4.32 Å². The topological polar surface area (TPSA) is 30.9 Å². The van der Waals surface area contributed by atoms with Crippen molar-refractivity contribution in [2.45, 2.75) is 77.3 Å². The van der Waals surface area contributed by atoms with Crippen LogP contribution in [0.4, 0.5) is 0 Å². The molecule has 0 aromatic heterocycles. The molecule has 25 heavy (non-hydrogen) atoms. The molecule has 2 saturated heterocycles. The SMILES string of the molecule is CC1(C)CCCCN1N=C([S-])[S-].CC1(C)CCCCN1NC(=S)S.[Zn+2]. The zero-order chi connectivity index (χ0) is 18.4. The molecule has 0 aliphatic carbocycles. The third-order valence-corrected chi connectivity index (χ3v) is 5.05. The van der Waals surface area contributed by atoms with Crippen molar-refractivity contribution in [2.75, 3.05) is 13.1 Å². The Hall–Kier alpha value is 0.733. The van der Waals surface area contributed by atoms with Crippen molar-refractivity contribution in [3.05, 3.63) is 0 Å². The minimum Gasteiger partial charge on any atom is -0.787 e. The van der Waals surface area contributed by atoms with Crippen LogP contribution in [-0.2, 0) is 44.7 Å². The van der Waals surface area contributed by atoms with Gasteiger partial charge in [0.05, 0.1) is 5.54 Å². The molecule has 2 heterocycles. The Morgan fingerprint density at radius 2 is 1.52 bits per heavy atom. The van der Waals surface area contributed by atoms with E-state index in [1.54, 1.807) is 0 Å². The summed E-state index contributed by atoms with van der Waals surface area (Å²) in [5.74, 6) is 0. The van der Waals surface area contributed by atoms with E-state index in [4.69, 9.17) is 37.5 Å². The minimum absolute atomic E-state index is 0. The largest absolute Gasteiger partial charge is 2.00 e. The standard InChI is InChI=1S/2C8H16N2S2.Zn/c2*1-8(2)5-3-4-6-10(8)9-7(11)12;/h2*3-6H2,1-2H3,(H2,9,11,12);/q;;+2/p-2. The van der Waals surface area contributed by atoms with Crippen molar-refractivity contribution < 1.29 is 19.5 Å². The maximum Gasteiger partial charge on any atom is 2.00 e. The van der Waals surface area contributed by atoms with E-state index in [1.807, 2.05) is 5.01 Å². The Kier molecular flexibility index (Phi) is 11.9. The quantitative estimate of drug-likeness (QED) is 0.160. The molecule has 0 radical (unpaired) electrons. The first-order chi connectivity index (χ1) is 11.0. The van der Waals surface area contributed by atoms with Gasteiger partial charge in [-0.2, -0.15) is 0 Å². The second-order valence-electron chi connectivity index (χ2n) is 7.60. The Bertz CT molecular complexity index is 453. The van der Waals surface area contributed by atoms with E-state index in [-0.39, 0.29) is 30.6 Å². The first-order valence-corrected chi connectivity index (χ1v) is 10.2. The maximum absolute atomic E-state index is 4.89. The second kappa shape index (κ2) is 11.5. The van der Waals surface area contributed by atoms with E-state index >= 15 is 0 Å². The third-order valence-electron chi connectivity index (χ3n) is 4.69. The van der Waals surface area contributed by atoms with E-state index in [0.717, 1.165) is 13.1 Å². The third kappa shape index (κ3) is 9.47. The fourth-order valence-corrected chi connectivity index (χ4v) is 3.55. The van der Waals surface area contributed by atoms with Crippen molar-refractivity contribution in [1.82, 2.24) is 15.4 Å². The van der Waals surface area contributed by atoms with E-state index < -0.39 is 0 Å². The van der Waals surface area contributed by atoms with Gasteiger partial charge in [-0.3, -0.25) is 5.01 Å². The number of hydrazine groups is 1. The molecule has 0 spiro atoms. The number of thiocarbonyl (C=S) groups is 1. The average molecular weight is 472 g/mol. The smallest absolute Gasteiger partial charge is 0.787 e. The van der Waals surface area contributed by atoms with Crippen LogP contribution in [0.15, 0.2) is 5.10 Å². The summed E-state index contributed by atoms with van der Waals surface area (Å²) in [6.07, 6.45) is 7.43. The molecule has 0 saturated carbocycles. The van der Waals surface area contributed by atoms with Gasteiger partial charge in [0, 0.05) is 18.6 Å². The number of nitrogens with zero attached hydrogens (tertiary/aromatic N) is 3.